The second-order valence-corrected chi connectivity index (χ2v) is 8.48. The molecule has 29 heavy (non-hydrogen) atoms. The normalized spacial score (nSPS) is 12.9. The molecule has 0 bridgehead atoms. The van der Waals surface area contributed by atoms with Crippen LogP contribution in [0.3, 0.4) is 0 Å². The number of hydrogen-bond donors (Lipinski definition) is 1. The van der Waals surface area contributed by atoms with Gasteiger partial charge in [-0.15, -0.1) is 11.3 Å². The largest absolute Gasteiger partial charge is 0.382 e. The second-order valence-electron chi connectivity index (χ2n) is 7.13. The topological polar surface area (TPSA) is 66.0 Å². The minimum absolute atomic E-state index is 0.00492. The zero-order valence-electron chi connectivity index (χ0n) is 15.8. The Kier molecular flexibility index (Phi) is 4.62. The van der Waals surface area contributed by atoms with E-state index in [0.717, 1.165) is 37.9 Å². The van der Waals surface area contributed by atoms with Gasteiger partial charge in [0.25, 0.3) is 0 Å². The van der Waals surface area contributed by atoms with Gasteiger partial charge < -0.3 is 15.0 Å². The molecule has 0 fully saturated rings. The summed E-state index contributed by atoms with van der Waals surface area (Å²) in [6.07, 6.45) is 1.81. The zero-order valence-corrected chi connectivity index (χ0v) is 17.4. The Bertz CT molecular complexity index is 1340. The number of nitrogen functional groups attached to an aromatic ring is 1. The molecule has 5 rings (SSSR count). The van der Waals surface area contributed by atoms with Gasteiger partial charge in [-0.05, 0) is 47.5 Å². The van der Waals surface area contributed by atoms with Crippen LogP contribution in [0.4, 0.5) is 5.82 Å². The van der Waals surface area contributed by atoms with Crippen LogP contribution in [-0.4, -0.2) is 20.6 Å². The zero-order chi connectivity index (χ0) is 20.0. The quantitative estimate of drug-likeness (QED) is 0.398. The molecular formula is C22H19ClN4OS. The van der Waals surface area contributed by atoms with Gasteiger partial charge in [0, 0.05) is 15.1 Å². The SMILES string of the molecule is CC(Cn1cnc2c(N)nc3ccccc3c21)OCc1csc2ccc(Cl)cc12. The first kappa shape index (κ1) is 18.4. The number of anilines is 1. The predicted octanol–water partition coefficient (Wildman–Crippen LogP) is 5.64. The molecule has 0 saturated carbocycles. The average Bonchev–Trinajstić information content (AvgIpc) is 3.31. The molecule has 0 radical (unpaired) electrons. The fourth-order valence-corrected chi connectivity index (χ4v) is 4.77. The number of para-hydroxylation sites is 1. The highest BCUT2D eigenvalue weighted by Crippen LogP contribution is 2.30. The summed E-state index contributed by atoms with van der Waals surface area (Å²) in [5.41, 5.74) is 9.88. The molecular weight excluding hydrogens is 404 g/mol. The number of imidazole rings is 1. The number of nitrogens with zero attached hydrogens (tertiary/aromatic N) is 3. The standard InChI is InChI=1S/C22H19ClN4OS/c1-13(28-10-14-11-29-19-7-6-15(23)8-17(14)19)9-27-12-25-20-21(27)16-4-2-3-5-18(16)26-22(20)24/h2-8,11-13H,9-10H2,1H3,(H2,24,26). The first-order valence-corrected chi connectivity index (χ1v) is 10.6. The molecule has 0 amide bonds. The summed E-state index contributed by atoms with van der Waals surface area (Å²) in [5.74, 6) is 0.452. The molecule has 0 aliphatic carbocycles. The van der Waals surface area contributed by atoms with E-state index in [4.69, 9.17) is 22.1 Å². The summed E-state index contributed by atoms with van der Waals surface area (Å²) in [7, 11) is 0. The Morgan fingerprint density at radius 1 is 1.21 bits per heavy atom. The number of pyridine rings is 1. The lowest BCUT2D eigenvalue weighted by Crippen LogP contribution is -2.16. The van der Waals surface area contributed by atoms with E-state index in [0.29, 0.717) is 19.0 Å². The third-order valence-corrected chi connectivity index (χ3v) is 6.32. The molecule has 5 aromatic rings. The van der Waals surface area contributed by atoms with Gasteiger partial charge in [0.2, 0.25) is 0 Å². The average molecular weight is 423 g/mol. The highest BCUT2D eigenvalue weighted by atomic mass is 35.5. The third kappa shape index (κ3) is 3.33. The Labute approximate surface area is 176 Å². The van der Waals surface area contributed by atoms with E-state index >= 15 is 0 Å². The Morgan fingerprint density at radius 3 is 2.97 bits per heavy atom. The molecule has 1 atom stereocenters. The molecule has 146 valence electrons. The molecule has 5 nitrogen and oxygen atoms in total. The van der Waals surface area contributed by atoms with Crippen LogP contribution < -0.4 is 5.73 Å². The number of thiophene rings is 1. The molecule has 1 unspecified atom stereocenters. The molecule has 0 aliphatic heterocycles. The number of fused-ring (bicyclic) bond motifs is 4. The highest BCUT2D eigenvalue weighted by molar-refractivity contribution is 7.17. The molecule has 3 aromatic heterocycles. The van der Waals surface area contributed by atoms with Crippen molar-refractivity contribution < 1.29 is 4.74 Å². The van der Waals surface area contributed by atoms with Crippen molar-refractivity contribution in [1.82, 2.24) is 14.5 Å². The van der Waals surface area contributed by atoms with Gasteiger partial charge in [-0.2, -0.15) is 0 Å². The summed E-state index contributed by atoms with van der Waals surface area (Å²) in [5, 5.41) is 5.08. The number of halogens is 1. The number of aromatic nitrogens is 3. The van der Waals surface area contributed by atoms with Crippen LogP contribution in [0.25, 0.3) is 32.0 Å². The fraction of sp³-hybridized carbons (Fsp3) is 0.182. The van der Waals surface area contributed by atoms with Crippen LogP contribution in [0.15, 0.2) is 54.2 Å². The fourth-order valence-electron chi connectivity index (χ4n) is 3.67. The number of benzene rings is 2. The molecule has 0 spiro atoms. The molecule has 0 saturated heterocycles. The van der Waals surface area contributed by atoms with E-state index in [-0.39, 0.29) is 6.10 Å². The van der Waals surface area contributed by atoms with Crippen molar-refractivity contribution in [2.45, 2.75) is 26.2 Å². The van der Waals surface area contributed by atoms with Crippen LogP contribution >= 0.6 is 22.9 Å². The monoisotopic (exact) mass is 422 g/mol. The summed E-state index contributed by atoms with van der Waals surface area (Å²) in [6, 6.07) is 14.0. The lowest BCUT2D eigenvalue weighted by atomic mass is 10.2. The van der Waals surface area contributed by atoms with Crippen LogP contribution in [0.1, 0.15) is 12.5 Å². The van der Waals surface area contributed by atoms with Gasteiger partial charge in [0.05, 0.1) is 36.6 Å². The molecule has 3 heterocycles. The van der Waals surface area contributed by atoms with E-state index in [1.165, 1.54) is 4.70 Å². The second kappa shape index (κ2) is 7.30. The van der Waals surface area contributed by atoms with Crippen molar-refractivity contribution in [1.29, 1.82) is 0 Å². The van der Waals surface area contributed by atoms with Crippen molar-refractivity contribution in [2.24, 2.45) is 0 Å². The van der Waals surface area contributed by atoms with Crippen molar-refractivity contribution in [3.05, 3.63) is 64.8 Å². The number of hydrogen-bond acceptors (Lipinski definition) is 5. The number of rotatable bonds is 5. The lowest BCUT2D eigenvalue weighted by molar-refractivity contribution is 0.0434. The lowest BCUT2D eigenvalue weighted by Gasteiger charge is -2.15. The Balaban J connectivity index is 1.40. The van der Waals surface area contributed by atoms with Crippen molar-refractivity contribution in [3.63, 3.8) is 0 Å². The van der Waals surface area contributed by atoms with Gasteiger partial charge in [-0.3, -0.25) is 0 Å². The van der Waals surface area contributed by atoms with Crippen LogP contribution in [0.2, 0.25) is 5.02 Å². The van der Waals surface area contributed by atoms with E-state index in [9.17, 15) is 0 Å². The molecule has 2 N–H and O–H groups in total. The number of ether oxygens (including phenoxy) is 1. The van der Waals surface area contributed by atoms with Crippen LogP contribution in [0.5, 0.6) is 0 Å². The van der Waals surface area contributed by atoms with Crippen molar-refractivity contribution in [2.75, 3.05) is 5.73 Å². The third-order valence-electron chi connectivity index (χ3n) is 5.07. The summed E-state index contributed by atoms with van der Waals surface area (Å²) in [4.78, 5) is 8.95. The van der Waals surface area contributed by atoms with E-state index < -0.39 is 0 Å². The van der Waals surface area contributed by atoms with Gasteiger partial charge in [-0.25, -0.2) is 9.97 Å². The maximum absolute atomic E-state index is 6.17. The van der Waals surface area contributed by atoms with Crippen LogP contribution in [0, 0.1) is 0 Å². The van der Waals surface area contributed by atoms with Crippen molar-refractivity contribution in [3.8, 4) is 0 Å². The Morgan fingerprint density at radius 2 is 2.07 bits per heavy atom. The summed E-state index contributed by atoms with van der Waals surface area (Å²) in [6.45, 7) is 3.28. The van der Waals surface area contributed by atoms with E-state index in [1.807, 2.05) is 36.7 Å². The molecule has 0 aliphatic rings. The van der Waals surface area contributed by atoms with Gasteiger partial charge in [0.1, 0.15) is 5.52 Å². The minimum atomic E-state index is -0.00492. The summed E-state index contributed by atoms with van der Waals surface area (Å²) < 4.78 is 9.49. The highest BCUT2D eigenvalue weighted by Gasteiger charge is 2.14. The van der Waals surface area contributed by atoms with Gasteiger partial charge in [-0.1, -0.05) is 29.8 Å². The predicted molar refractivity (Wildman–Crippen MR) is 121 cm³/mol. The van der Waals surface area contributed by atoms with E-state index in [1.54, 1.807) is 11.3 Å². The Hall–Kier alpha value is -2.67. The maximum atomic E-state index is 6.17. The maximum Gasteiger partial charge on any atom is 0.152 e. The number of nitrogens with two attached hydrogens (primary N) is 1. The molecule has 2 aromatic carbocycles. The smallest absolute Gasteiger partial charge is 0.152 e. The van der Waals surface area contributed by atoms with Crippen LogP contribution in [-0.2, 0) is 17.9 Å². The van der Waals surface area contributed by atoms with Gasteiger partial charge in [0.15, 0.2) is 5.82 Å². The van der Waals surface area contributed by atoms with E-state index in [2.05, 4.69) is 39.0 Å². The summed E-state index contributed by atoms with van der Waals surface area (Å²) >= 11 is 7.87. The molecule has 7 heteroatoms. The first-order valence-electron chi connectivity index (χ1n) is 9.36. The van der Waals surface area contributed by atoms with Crippen molar-refractivity contribution >= 4 is 60.8 Å². The van der Waals surface area contributed by atoms with Gasteiger partial charge >= 0.3 is 0 Å². The minimum Gasteiger partial charge on any atom is -0.382 e. The first-order chi connectivity index (χ1) is 14.1.